The summed E-state index contributed by atoms with van der Waals surface area (Å²) in [4.78, 5) is 2.17. The molecular formula is C4H7IN3-. The normalized spacial score (nSPS) is 10.2. The molecule has 0 amide bonds. The van der Waals surface area contributed by atoms with Crippen molar-refractivity contribution in [2.24, 2.45) is 7.05 Å². The zero-order valence-electron chi connectivity index (χ0n) is 4.80. The van der Waals surface area contributed by atoms with Gasteiger partial charge in [0, 0.05) is 0 Å². The summed E-state index contributed by atoms with van der Waals surface area (Å²) in [7, 11) is 1.88. The monoisotopic (exact) mass is 224 g/mol. The Morgan fingerprint density at radius 3 is 2.75 bits per heavy atom. The van der Waals surface area contributed by atoms with Gasteiger partial charge in [-0.3, -0.25) is 0 Å². The predicted molar refractivity (Wildman–Crippen MR) is 25.6 cm³/mol. The second kappa shape index (κ2) is 2.43. The molecule has 0 spiro atoms. The number of nitrogens with zero attached hydrogens (tertiary/aromatic N) is 3. The van der Waals surface area contributed by atoms with Gasteiger partial charge < -0.3 is 0 Å². The van der Waals surface area contributed by atoms with Crippen molar-refractivity contribution in [3.8, 4) is 0 Å². The van der Waals surface area contributed by atoms with Gasteiger partial charge in [0.2, 0.25) is 0 Å². The third kappa shape index (κ3) is 1.18. The Morgan fingerprint density at radius 2 is 2.50 bits per heavy atom. The fourth-order valence-electron chi connectivity index (χ4n) is 0.406. The average Bonchev–Trinajstić information content (AvgIpc) is 2.14. The van der Waals surface area contributed by atoms with Crippen molar-refractivity contribution in [3.63, 3.8) is 0 Å². The van der Waals surface area contributed by atoms with Crippen molar-refractivity contribution in [3.05, 3.63) is 9.90 Å². The van der Waals surface area contributed by atoms with E-state index < -0.39 is 0 Å². The van der Waals surface area contributed by atoms with E-state index in [0.29, 0.717) is 0 Å². The molecule has 0 radical (unpaired) electrons. The van der Waals surface area contributed by atoms with Gasteiger partial charge in [0.05, 0.1) is 0 Å². The molecule has 4 heteroatoms. The maximum absolute atomic E-state index is 3.90. The Bertz CT molecular complexity index is 172. The zero-order chi connectivity index (χ0) is 5.98. The van der Waals surface area contributed by atoms with Gasteiger partial charge in [-0.05, 0) is 0 Å². The number of alkyl halides is 1. The first-order valence-corrected chi connectivity index (χ1v) is 5.42. The van der Waals surface area contributed by atoms with E-state index in [9.17, 15) is 0 Å². The Kier molecular flexibility index (Phi) is 1.82. The van der Waals surface area contributed by atoms with E-state index in [-0.39, 0.29) is 21.2 Å². The molecular weight excluding hydrogens is 217 g/mol. The number of rotatable bonds is 1. The van der Waals surface area contributed by atoms with Crippen molar-refractivity contribution >= 4 is 0 Å². The first-order valence-electron chi connectivity index (χ1n) is 2.18. The first-order chi connectivity index (χ1) is 3.83. The molecule has 1 rings (SSSR count). The van der Waals surface area contributed by atoms with Crippen molar-refractivity contribution in [1.82, 2.24) is 15.0 Å². The van der Waals surface area contributed by atoms with Crippen molar-refractivity contribution < 1.29 is 21.2 Å². The number of aromatic nitrogens is 3. The van der Waals surface area contributed by atoms with E-state index in [4.69, 9.17) is 0 Å². The molecule has 1 heterocycles. The summed E-state index contributed by atoms with van der Waals surface area (Å²) in [5.74, 6) is 0. The van der Waals surface area contributed by atoms with Crippen LogP contribution in [0.15, 0.2) is 6.20 Å². The molecule has 0 N–H and O–H groups in total. The summed E-state index contributed by atoms with van der Waals surface area (Å²) < 4.78 is 2.89. The molecule has 0 fully saturated rings. The maximum atomic E-state index is 3.90. The first kappa shape index (κ1) is 6.00. The van der Waals surface area contributed by atoms with Gasteiger partial charge in [-0.15, -0.1) is 0 Å². The Morgan fingerprint density at radius 1 is 1.75 bits per heavy atom. The molecule has 1 aromatic heterocycles. The van der Waals surface area contributed by atoms with E-state index in [0.717, 1.165) is 3.70 Å². The predicted octanol–water partition coefficient (Wildman–Crippen LogP) is -3.30. The van der Waals surface area contributed by atoms with Crippen LogP contribution >= 0.6 is 0 Å². The van der Waals surface area contributed by atoms with Crippen LogP contribution in [-0.4, -0.2) is 19.9 Å². The average molecular weight is 224 g/mol. The molecule has 0 unspecified atom stereocenters. The van der Waals surface area contributed by atoms with Gasteiger partial charge in [0.15, 0.2) is 0 Å². The van der Waals surface area contributed by atoms with Gasteiger partial charge in [0.1, 0.15) is 0 Å². The Hall–Kier alpha value is -0.130. The molecule has 0 aromatic carbocycles. The van der Waals surface area contributed by atoms with Gasteiger partial charge in [-0.25, -0.2) is 0 Å². The second-order valence-electron chi connectivity index (χ2n) is 1.40. The summed E-state index contributed by atoms with van der Waals surface area (Å²) in [6.45, 7) is 0. The van der Waals surface area contributed by atoms with Crippen LogP contribution in [-0.2, 0) is 7.05 Å². The van der Waals surface area contributed by atoms with Gasteiger partial charge in [-0.1, -0.05) is 0 Å². The second-order valence-corrected chi connectivity index (χ2v) is 3.59. The van der Waals surface area contributed by atoms with Crippen LogP contribution in [0, 0.1) is 3.70 Å². The molecule has 0 saturated heterocycles. The molecule has 0 aliphatic rings. The molecule has 46 valence electrons. The topological polar surface area (TPSA) is 30.7 Å². The third-order valence-corrected chi connectivity index (χ3v) is 2.37. The fraction of sp³-hybridized carbons (Fsp3) is 0.500. The van der Waals surface area contributed by atoms with Gasteiger partial charge in [-0.2, -0.15) is 0 Å². The SMILES string of the molecule is C[I-]c1cn(C)nn1. The summed E-state index contributed by atoms with van der Waals surface area (Å²) >= 11 is 0.136. The Labute approximate surface area is 58.3 Å². The fourth-order valence-corrected chi connectivity index (χ4v) is 1.40. The van der Waals surface area contributed by atoms with E-state index in [1.54, 1.807) is 4.68 Å². The summed E-state index contributed by atoms with van der Waals surface area (Å²) in [6.07, 6.45) is 1.97. The summed E-state index contributed by atoms with van der Waals surface area (Å²) in [5.41, 5.74) is 0. The van der Waals surface area contributed by atoms with E-state index in [2.05, 4.69) is 15.2 Å². The molecule has 8 heavy (non-hydrogen) atoms. The minimum absolute atomic E-state index is 0.136. The van der Waals surface area contributed by atoms with Crippen LogP contribution in [0.25, 0.3) is 0 Å². The molecule has 0 aliphatic carbocycles. The van der Waals surface area contributed by atoms with E-state index in [1.807, 2.05) is 13.2 Å². The van der Waals surface area contributed by atoms with Crippen LogP contribution in [0.2, 0.25) is 0 Å². The summed E-state index contributed by atoms with van der Waals surface area (Å²) in [6, 6.07) is 0. The molecule has 0 bridgehead atoms. The van der Waals surface area contributed by atoms with E-state index >= 15 is 0 Å². The van der Waals surface area contributed by atoms with Crippen LogP contribution in [0.5, 0.6) is 0 Å². The number of halogens is 1. The summed E-state index contributed by atoms with van der Waals surface area (Å²) in [5, 5.41) is 7.68. The minimum atomic E-state index is 0.136. The van der Waals surface area contributed by atoms with Crippen LogP contribution in [0.4, 0.5) is 0 Å². The molecule has 0 saturated carbocycles. The van der Waals surface area contributed by atoms with Crippen LogP contribution in [0.3, 0.4) is 0 Å². The number of hydrogen-bond acceptors (Lipinski definition) is 2. The van der Waals surface area contributed by atoms with Crippen LogP contribution < -0.4 is 21.2 Å². The van der Waals surface area contributed by atoms with E-state index in [1.165, 1.54) is 0 Å². The number of aryl methyl sites for hydroxylation is 1. The molecule has 0 aliphatic heterocycles. The zero-order valence-corrected chi connectivity index (χ0v) is 6.95. The number of hydrogen-bond donors (Lipinski definition) is 0. The molecule has 3 nitrogen and oxygen atoms in total. The van der Waals surface area contributed by atoms with Crippen molar-refractivity contribution in [2.45, 2.75) is 0 Å². The Balaban J connectivity index is 2.84. The van der Waals surface area contributed by atoms with Crippen molar-refractivity contribution in [2.75, 3.05) is 4.93 Å². The quantitative estimate of drug-likeness (QED) is 0.369. The van der Waals surface area contributed by atoms with Crippen LogP contribution in [0.1, 0.15) is 0 Å². The standard InChI is InChI=1S/C4H7IN3/c1-5-4-3-8(2)7-6-4/h3H,1-2H3/q-1. The third-order valence-electron chi connectivity index (χ3n) is 0.768. The van der Waals surface area contributed by atoms with Gasteiger partial charge in [0.25, 0.3) is 0 Å². The van der Waals surface area contributed by atoms with Crippen molar-refractivity contribution in [1.29, 1.82) is 0 Å². The van der Waals surface area contributed by atoms with Gasteiger partial charge >= 0.3 is 58.1 Å². The molecule has 0 atom stereocenters. The molecule has 1 aromatic rings.